The van der Waals surface area contributed by atoms with Gasteiger partial charge in [-0.1, -0.05) is 18.5 Å². The van der Waals surface area contributed by atoms with Crippen LogP contribution in [0.3, 0.4) is 0 Å². The van der Waals surface area contributed by atoms with Gasteiger partial charge in [0.2, 0.25) is 0 Å². The lowest BCUT2D eigenvalue weighted by Crippen LogP contribution is -2.33. The van der Waals surface area contributed by atoms with E-state index in [0.29, 0.717) is 23.9 Å². The molecule has 3 rings (SSSR count). The summed E-state index contributed by atoms with van der Waals surface area (Å²) in [4.78, 5) is 2.33. The molecule has 0 saturated heterocycles. The highest BCUT2D eigenvalue weighted by atomic mass is 35.5. The number of rotatable bonds is 7. The fourth-order valence-electron chi connectivity index (χ4n) is 3.18. The van der Waals surface area contributed by atoms with Crippen molar-refractivity contribution in [3.63, 3.8) is 0 Å². The maximum atomic E-state index is 9.75. The predicted molar refractivity (Wildman–Crippen MR) is 101 cm³/mol. The van der Waals surface area contributed by atoms with Crippen molar-refractivity contribution in [1.29, 1.82) is 0 Å². The molecule has 1 aromatic heterocycles. The molecule has 142 valence electrons. The lowest BCUT2D eigenvalue weighted by Gasteiger charge is -2.28. The minimum Gasteiger partial charge on any atom is -0.493 e. The Balaban J connectivity index is 1.81. The monoisotopic (exact) mass is 379 g/mol. The molecule has 1 aliphatic rings. The number of aliphatic hydroxyl groups is 1. The van der Waals surface area contributed by atoms with Gasteiger partial charge in [-0.15, -0.1) is 0 Å². The summed E-state index contributed by atoms with van der Waals surface area (Å²) in [6, 6.07) is 5.71. The lowest BCUT2D eigenvalue weighted by molar-refractivity contribution is 0.188. The SMILES string of the molecule is CCCOc1c(CN2CCn3nc([C@H](C)O)cc3C2)cc(Cl)cc1OC. The number of aliphatic hydroxyl groups excluding tert-OH is 1. The molecule has 6 nitrogen and oxygen atoms in total. The maximum absolute atomic E-state index is 9.75. The first-order chi connectivity index (χ1) is 12.5. The van der Waals surface area contributed by atoms with Gasteiger partial charge in [0.1, 0.15) is 0 Å². The maximum Gasteiger partial charge on any atom is 0.165 e. The Hall–Kier alpha value is -1.76. The third-order valence-electron chi connectivity index (χ3n) is 4.48. The van der Waals surface area contributed by atoms with Crippen molar-refractivity contribution in [2.45, 2.75) is 46.0 Å². The Labute approximate surface area is 159 Å². The van der Waals surface area contributed by atoms with Crippen LogP contribution >= 0.6 is 11.6 Å². The van der Waals surface area contributed by atoms with Crippen LogP contribution in [0.1, 0.15) is 43.3 Å². The number of fused-ring (bicyclic) bond motifs is 1. The first-order valence-electron chi connectivity index (χ1n) is 8.98. The largest absolute Gasteiger partial charge is 0.493 e. The average Bonchev–Trinajstić information content (AvgIpc) is 3.04. The molecular weight excluding hydrogens is 354 g/mol. The van der Waals surface area contributed by atoms with Crippen LogP contribution in [0.25, 0.3) is 0 Å². The topological polar surface area (TPSA) is 59.8 Å². The molecule has 7 heteroatoms. The number of halogens is 1. The van der Waals surface area contributed by atoms with Crippen molar-refractivity contribution < 1.29 is 14.6 Å². The van der Waals surface area contributed by atoms with E-state index in [2.05, 4.69) is 16.9 Å². The zero-order valence-corrected chi connectivity index (χ0v) is 16.3. The van der Waals surface area contributed by atoms with Crippen LogP contribution in [0.4, 0.5) is 0 Å². The number of hydrogen-bond donors (Lipinski definition) is 1. The van der Waals surface area contributed by atoms with Crippen molar-refractivity contribution in [3.05, 3.63) is 40.2 Å². The van der Waals surface area contributed by atoms with Gasteiger partial charge in [0.05, 0.1) is 37.8 Å². The molecule has 0 saturated carbocycles. The molecule has 0 fully saturated rings. The van der Waals surface area contributed by atoms with E-state index in [1.165, 1.54) is 0 Å². The van der Waals surface area contributed by atoms with Crippen LogP contribution in [0.5, 0.6) is 11.5 Å². The Morgan fingerprint density at radius 1 is 1.31 bits per heavy atom. The minimum absolute atomic E-state index is 0.548. The Morgan fingerprint density at radius 3 is 2.81 bits per heavy atom. The molecule has 1 atom stereocenters. The lowest BCUT2D eigenvalue weighted by atomic mass is 10.1. The highest BCUT2D eigenvalue weighted by Crippen LogP contribution is 2.36. The molecule has 0 spiro atoms. The van der Waals surface area contributed by atoms with E-state index in [4.69, 9.17) is 21.1 Å². The van der Waals surface area contributed by atoms with Crippen molar-refractivity contribution >= 4 is 11.6 Å². The normalized spacial score (nSPS) is 15.6. The molecule has 0 radical (unpaired) electrons. The van der Waals surface area contributed by atoms with Gasteiger partial charge in [-0.25, -0.2) is 0 Å². The standard InChI is InChI=1S/C19H26ClN3O3/c1-4-7-26-19-14(8-15(20)9-18(19)25-3)11-22-5-6-23-16(12-22)10-17(21-23)13(2)24/h8-10,13,24H,4-7,11-12H2,1-3H3/t13-/m0/s1. The van der Waals surface area contributed by atoms with E-state index in [-0.39, 0.29) is 0 Å². The van der Waals surface area contributed by atoms with Crippen LogP contribution in [0, 0.1) is 0 Å². The van der Waals surface area contributed by atoms with Crippen LogP contribution < -0.4 is 9.47 Å². The Bertz CT molecular complexity index is 761. The summed E-state index contributed by atoms with van der Waals surface area (Å²) in [5, 5.41) is 14.9. The minimum atomic E-state index is -0.548. The third-order valence-corrected chi connectivity index (χ3v) is 4.70. The number of aromatic nitrogens is 2. The fourth-order valence-corrected chi connectivity index (χ4v) is 3.41. The van der Waals surface area contributed by atoms with Gasteiger partial charge in [-0.3, -0.25) is 9.58 Å². The number of ether oxygens (including phenoxy) is 2. The quantitative estimate of drug-likeness (QED) is 0.798. The van der Waals surface area contributed by atoms with Gasteiger partial charge >= 0.3 is 0 Å². The summed E-state index contributed by atoms with van der Waals surface area (Å²) in [6.07, 6.45) is 0.378. The van der Waals surface area contributed by atoms with E-state index >= 15 is 0 Å². The second kappa shape index (κ2) is 8.29. The van der Waals surface area contributed by atoms with Gasteiger partial charge in [0, 0.05) is 36.3 Å². The molecular formula is C19H26ClN3O3. The summed E-state index contributed by atoms with van der Waals surface area (Å²) < 4.78 is 13.4. The molecule has 2 aromatic rings. The molecule has 2 heterocycles. The zero-order chi connectivity index (χ0) is 18.7. The molecule has 0 amide bonds. The number of benzene rings is 1. The highest BCUT2D eigenvalue weighted by Gasteiger charge is 2.22. The van der Waals surface area contributed by atoms with E-state index in [1.54, 1.807) is 20.1 Å². The zero-order valence-electron chi connectivity index (χ0n) is 15.5. The molecule has 1 N–H and O–H groups in total. The molecule has 26 heavy (non-hydrogen) atoms. The number of nitrogens with zero attached hydrogens (tertiary/aromatic N) is 3. The summed E-state index contributed by atoms with van der Waals surface area (Å²) in [5.41, 5.74) is 2.85. The summed E-state index contributed by atoms with van der Waals surface area (Å²) in [6.45, 7) is 7.60. The third kappa shape index (κ3) is 4.14. The Morgan fingerprint density at radius 2 is 2.12 bits per heavy atom. The van der Waals surface area contributed by atoms with Gasteiger partial charge in [0.15, 0.2) is 11.5 Å². The summed E-state index contributed by atoms with van der Waals surface area (Å²) in [5.74, 6) is 1.43. The molecule has 0 aliphatic carbocycles. The summed E-state index contributed by atoms with van der Waals surface area (Å²) >= 11 is 6.28. The number of hydrogen-bond acceptors (Lipinski definition) is 5. The van der Waals surface area contributed by atoms with Crippen LogP contribution in [0.2, 0.25) is 5.02 Å². The first kappa shape index (κ1) is 19.0. The second-order valence-corrected chi connectivity index (χ2v) is 7.05. The molecule has 0 bridgehead atoms. The predicted octanol–water partition coefficient (Wildman–Crippen LogP) is 3.40. The van der Waals surface area contributed by atoms with Gasteiger partial charge < -0.3 is 14.6 Å². The van der Waals surface area contributed by atoms with Gasteiger partial charge in [-0.05, 0) is 25.5 Å². The summed E-state index contributed by atoms with van der Waals surface area (Å²) in [7, 11) is 1.63. The van der Waals surface area contributed by atoms with E-state index in [9.17, 15) is 5.11 Å². The Kier molecular flexibility index (Phi) is 6.06. The van der Waals surface area contributed by atoms with Crippen molar-refractivity contribution in [2.24, 2.45) is 0 Å². The van der Waals surface area contributed by atoms with Gasteiger partial charge in [-0.2, -0.15) is 5.10 Å². The van der Waals surface area contributed by atoms with Crippen LogP contribution in [-0.4, -0.2) is 40.0 Å². The average molecular weight is 380 g/mol. The molecule has 0 unspecified atom stereocenters. The van der Waals surface area contributed by atoms with Crippen LogP contribution in [0.15, 0.2) is 18.2 Å². The fraction of sp³-hybridized carbons (Fsp3) is 0.526. The van der Waals surface area contributed by atoms with Crippen molar-refractivity contribution in [3.8, 4) is 11.5 Å². The first-order valence-corrected chi connectivity index (χ1v) is 9.35. The van der Waals surface area contributed by atoms with E-state index in [1.807, 2.05) is 16.8 Å². The van der Waals surface area contributed by atoms with Crippen molar-refractivity contribution in [1.82, 2.24) is 14.7 Å². The van der Waals surface area contributed by atoms with Gasteiger partial charge in [0.25, 0.3) is 0 Å². The van der Waals surface area contributed by atoms with E-state index < -0.39 is 6.10 Å². The molecule has 1 aliphatic heterocycles. The number of methoxy groups -OCH3 is 1. The second-order valence-electron chi connectivity index (χ2n) is 6.62. The molecule has 1 aromatic carbocycles. The van der Waals surface area contributed by atoms with Crippen molar-refractivity contribution in [2.75, 3.05) is 20.3 Å². The van der Waals surface area contributed by atoms with Crippen LogP contribution in [-0.2, 0) is 19.6 Å². The highest BCUT2D eigenvalue weighted by molar-refractivity contribution is 6.30. The van der Waals surface area contributed by atoms with E-state index in [0.717, 1.165) is 48.8 Å². The smallest absolute Gasteiger partial charge is 0.165 e.